The molecule has 2 atom stereocenters. The van der Waals surface area contributed by atoms with Crippen molar-refractivity contribution in [3.05, 3.63) is 94.7 Å². The number of hydrogen-bond acceptors (Lipinski definition) is 3. The topological polar surface area (TPSA) is 36.7 Å². The Kier molecular flexibility index (Phi) is 7.52. The highest BCUT2D eigenvalue weighted by atomic mass is 19.1. The highest BCUT2D eigenvalue weighted by molar-refractivity contribution is 5.94. The number of amides is 1. The number of nitrogens with zero attached hydrogens (tertiary/aromatic N) is 2. The number of rotatable bonds is 8. The number of halogens is 1. The lowest BCUT2D eigenvalue weighted by atomic mass is 9.88. The Hall–Kier alpha value is -2.92. The number of hydrogen-bond donors (Lipinski definition) is 0. The van der Waals surface area contributed by atoms with Gasteiger partial charge >= 0.3 is 0 Å². The quantitative estimate of drug-likeness (QED) is 0.409. The van der Waals surface area contributed by atoms with E-state index in [0.717, 1.165) is 47.8 Å². The fourth-order valence-corrected chi connectivity index (χ4v) is 5.04. The van der Waals surface area contributed by atoms with Gasteiger partial charge in [-0.25, -0.2) is 4.39 Å². The summed E-state index contributed by atoms with van der Waals surface area (Å²) in [6.07, 6.45) is 0. The zero-order valence-electron chi connectivity index (χ0n) is 20.6. The van der Waals surface area contributed by atoms with E-state index in [1.54, 1.807) is 0 Å². The van der Waals surface area contributed by atoms with Crippen LogP contribution in [-0.4, -0.2) is 41.9 Å². The summed E-state index contributed by atoms with van der Waals surface area (Å²) in [6, 6.07) is 18.5. The maximum Gasteiger partial charge on any atom is 0.253 e. The molecule has 0 bridgehead atoms. The Morgan fingerprint density at radius 2 is 1.79 bits per heavy atom. The molecule has 1 amide bonds. The van der Waals surface area contributed by atoms with Gasteiger partial charge in [-0.05, 0) is 67.1 Å². The molecular formula is C29H35FN2O2. The number of likely N-dealkylation sites (tertiary alicyclic amines) is 1. The zero-order valence-corrected chi connectivity index (χ0v) is 20.6. The van der Waals surface area contributed by atoms with Crippen LogP contribution >= 0.6 is 0 Å². The molecule has 0 unspecified atom stereocenters. The van der Waals surface area contributed by atoms with Crippen LogP contribution in [0.1, 0.15) is 52.8 Å². The van der Waals surface area contributed by atoms with E-state index in [4.69, 9.17) is 4.42 Å². The second-order valence-electron chi connectivity index (χ2n) is 10.0. The first-order valence-corrected chi connectivity index (χ1v) is 12.2. The van der Waals surface area contributed by atoms with Crippen molar-refractivity contribution in [3.63, 3.8) is 0 Å². The summed E-state index contributed by atoms with van der Waals surface area (Å²) in [4.78, 5) is 17.8. The first kappa shape index (κ1) is 24.2. The van der Waals surface area contributed by atoms with Crippen molar-refractivity contribution in [1.82, 2.24) is 9.80 Å². The Labute approximate surface area is 202 Å². The average Bonchev–Trinajstić information content (AvgIpc) is 3.35. The fourth-order valence-electron chi connectivity index (χ4n) is 5.04. The number of carbonyl (C=O) groups is 1. The maximum absolute atomic E-state index is 13.6. The molecule has 1 aliphatic rings. The van der Waals surface area contributed by atoms with Crippen LogP contribution < -0.4 is 0 Å². The van der Waals surface area contributed by atoms with Crippen molar-refractivity contribution in [3.8, 4) is 0 Å². The van der Waals surface area contributed by atoms with Gasteiger partial charge in [-0.3, -0.25) is 9.69 Å². The summed E-state index contributed by atoms with van der Waals surface area (Å²) in [5, 5.41) is 0. The van der Waals surface area contributed by atoms with Gasteiger partial charge in [-0.1, -0.05) is 44.2 Å². The molecule has 0 radical (unpaired) electrons. The van der Waals surface area contributed by atoms with Crippen molar-refractivity contribution in [1.29, 1.82) is 0 Å². The van der Waals surface area contributed by atoms with Crippen molar-refractivity contribution in [2.24, 2.45) is 11.8 Å². The second kappa shape index (κ2) is 10.6. The van der Waals surface area contributed by atoms with Crippen molar-refractivity contribution in [2.45, 2.75) is 40.2 Å². The minimum atomic E-state index is -0.225. The third kappa shape index (κ3) is 5.76. The molecule has 0 spiro atoms. The highest BCUT2D eigenvalue weighted by Crippen LogP contribution is 2.35. The number of furan rings is 1. The van der Waals surface area contributed by atoms with E-state index in [1.165, 1.54) is 12.1 Å². The standard InChI is InChI=1S/C29H35FN2O2/c1-20(2)15-32(29(33)24-8-6-5-7-9-24)17-25-16-31(18-27-14-21(3)22(4)34-27)19-28(25)23-10-12-26(30)13-11-23/h5-14,20,25,28H,15-19H2,1-4H3/t25-,28+/m1/s1. The van der Waals surface area contributed by atoms with Gasteiger partial charge in [0.25, 0.3) is 5.91 Å². The van der Waals surface area contributed by atoms with Crippen LogP contribution in [0, 0.1) is 31.5 Å². The Morgan fingerprint density at radius 3 is 2.41 bits per heavy atom. The maximum atomic E-state index is 13.6. The normalized spacial score (nSPS) is 18.5. The molecule has 34 heavy (non-hydrogen) atoms. The van der Waals surface area contributed by atoms with Crippen molar-refractivity contribution in [2.75, 3.05) is 26.2 Å². The van der Waals surface area contributed by atoms with Crippen LogP contribution in [0.4, 0.5) is 4.39 Å². The minimum absolute atomic E-state index is 0.0721. The molecular weight excluding hydrogens is 427 g/mol. The summed E-state index contributed by atoms with van der Waals surface area (Å²) in [5.41, 5.74) is 3.01. The van der Waals surface area contributed by atoms with E-state index in [-0.39, 0.29) is 23.6 Å². The predicted octanol–water partition coefficient (Wildman–Crippen LogP) is 6.05. The molecule has 180 valence electrons. The number of carbonyl (C=O) groups excluding carboxylic acids is 1. The smallest absolute Gasteiger partial charge is 0.253 e. The summed E-state index contributed by atoms with van der Waals surface area (Å²) in [7, 11) is 0. The molecule has 0 N–H and O–H groups in total. The molecule has 2 heterocycles. The van der Waals surface area contributed by atoms with Crippen molar-refractivity contribution >= 4 is 5.91 Å². The minimum Gasteiger partial charge on any atom is -0.465 e. The van der Waals surface area contributed by atoms with E-state index in [9.17, 15) is 9.18 Å². The van der Waals surface area contributed by atoms with E-state index in [0.29, 0.717) is 19.0 Å². The lowest BCUT2D eigenvalue weighted by Gasteiger charge is -2.30. The van der Waals surface area contributed by atoms with E-state index < -0.39 is 0 Å². The van der Waals surface area contributed by atoms with Gasteiger partial charge in [-0.15, -0.1) is 0 Å². The molecule has 2 aromatic carbocycles. The van der Waals surface area contributed by atoms with Crippen LogP contribution in [0.15, 0.2) is 65.1 Å². The zero-order chi connectivity index (χ0) is 24.2. The highest BCUT2D eigenvalue weighted by Gasteiger charge is 2.36. The molecule has 5 heteroatoms. The van der Waals surface area contributed by atoms with Gasteiger partial charge in [-0.2, -0.15) is 0 Å². The molecule has 4 rings (SSSR count). The largest absolute Gasteiger partial charge is 0.465 e. The number of benzene rings is 2. The molecule has 1 fully saturated rings. The molecule has 0 saturated carbocycles. The monoisotopic (exact) mass is 462 g/mol. The Bertz CT molecular complexity index is 1070. The van der Waals surface area contributed by atoms with Crippen LogP contribution in [0.5, 0.6) is 0 Å². The van der Waals surface area contributed by atoms with E-state index >= 15 is 0 Å². The lowest BCUT2D eigenvalue weighted by Crippen LogP contribution is -2.39. The molecule has 1 aromatic heterocycles. The number of aryl methyl sites for hydroxylation is 2. The Morgan fingerprint density at radius 1 is 1.09 bits per heavy atom. The summed E-state index contributed by atoms with van der Waals surface area (Å²) in [6.45, 7) is 12.2. The van der Waals surface area contributed by atoms with Crippen LogP contribution in [-0.2, 0) is 6.54 Å². The summed E-state index contributed by atoms with van der Waals surface area (Å²) in [5.74, 6) is 2.60. The SMILES string of the molecule is Cc1cc(CN2C[C@H](CN(CC(C)C)C(=O)c3ccccc3)[C@H](c3ccc(F)cc3)C2)oc1C. The van der Waals surface area contributed by atoms with Gasteiger partial charge < -0.3 is 9.32 Å². The van der Waals surface area contributed by atoms with Crippen LogP contribution in [0.2, 0.25) is 0 Å². The van der Waals surface area contributed by atoms with Gasteiger partial charge in [0.2, 0.25) is 0 Å². The van der Waals surface area contributed by atoms with E-state index in [1.807, 2.05) is 54.3 Å². The van der Waals surface area contributed by atoms with Crippen LogP contribution in [0.3, 0.4) is 0 Å². The average molecular weight is 463 g/mol. The Balaban J connectivity index is 1.57. The molecule has 1 aliphatic heterocycles. The van der Waals surface area contributed by atoms with Crippen molar-refractivity contribution < 1.29 is 13.6 Å². The van der Waals surface area contributed by atoms with E-state index in [2.05, 4.69) is 31.7 Å². The summed E-state index contributed by atoms with van der Waals surface area (Å²) < 4.78 is 19.6. The molecule has 3 aromatic rings. The van der Waals surface area contributed by atoms with Gasteiger partial charge in [0.15, 0.2) is 0 Å². The second-order valence-corrected chi connectivity index (χ2v) is 10.0. The molecule has 0 aliphatic carbocycles. The predicted molar refractivity (Wildman–Crippen MR) is 133 cm³/mol. The van der Waals surface area contributed by atoms with Crippen LogP contribution in [0.25, 0.3) is 0 Å². The van der Waals surface area contributed by atoms with Gasteiger partial charge in [0.1, 0.15) is 17.3 Å². The fraction of sp³-hybridized carbons (Fsp3) is 0.414. The summed E-state index contributed by atoms with van der Waals surface area (Å²) >= 11 is 0. The first-order valence-electron chi connectivity index (χ1n) is 12.2. The third-order valence-corrected chi connectivity index (χ3v) is 6.76. The lowest BCUT2D eigenvalue weighted by molar-refractivity contribution is 0.0703. The first-order chi connectivity index (χ1) is 16.3. The van der Waals surface area contributed by atoms with Gasteiger partial charge in [0.05, 0.1) is 6.54 Å². The van der Waals surface area contributed by atoms with Gasteiger partial charge in [0, 0.05) is 37.7 Å². The molecule has 4 nitrogen and oxygen atoms in total. The third-order valence-electron chi connectivity index (χ3n) is 6.76. The molecule has 1 saturated heterocycles.